The summed E-state index contributed by atoms with van der Waals surface area (Å²) in [6.45, 7) is 4.47. The van der Waals surface area contributed by atoms with Gasteiger partial charge in [0.25, 0.3) is 0 Å². The molecule has 1 heterocycles. The van der Waals surface area contributed by atoms with Crippen LogP contribution in [0.1, 0.15) is 13.8 Å². The molecule has 0 radical (unpaired) electrons. The molecule has 2 N–H and O–H groups in total. The molecule has 1 aromatic heterocycles. The van der Waals surface area contributed by atoms with Crippen molar-refractivity contribution < 1.29 is 9.47 Å². The number of aromatic nitrogens is 4. The summed E-state index contributed by atoms with van der Waals surface area (Å²) in [7, 11) is 3.25. The molecule has 0 saturated heterocycles. The van der Waals surface area contributed by atoms with Gasteiger partial charge in [-0.3, -0.25) is 0 Å². The molecular formula is C13H19N5O2. The van der Waals surface area contributed by atoms with Crippen LogP contribution in [0, 0.1) is 0 Å². The lowest BCUT2D eigenvalue weighted by atomic mass is 10.1. The Labute approximate surface area is 117 Å². The molecule has 7 nitrogen and oxygen atoms in total. The van der Waals surface area contributed by atoms with Gasteiger partial charge in [0, 0.05) is 24.4 Å². The van der Waals surface area contributed by atoms with Crippen molar-refractivity contribution in [3.05, 3.63) is 18.2 Å². The number of methoxy groups -OCH3 is 2. The van der Waals surface area contributed by atoms with Gasteiger partial charge in [0.2, 0.25) is 0 Å². The third-order valence-electron chi connectivity index (χ3n) is 3.04. The summed E-state index contributed by atoms with van der Waals surface area (Å²) < 4.78 is 12.3. The molecule has 0 aliphatic heterocycles. The first-order valence-corrected chi connectivity index (χ1v) is 6.21. The van der Waals surface area contributed by atoms with E-state index in [4.69, 9.17) is 15.2 Å². The van der Waals surface area contributed by atoms with Crippen LogP contribution in [0.25, 0.3) is 11.4 Å². The van der Waals surface area contributed by atoms with Gasteiger partial charge in [-0.1, -0.05) is 0 Å². The van der Waals surface area contributed by atoms with Gasteiger partial charge in [-0.25, -0.2) is 4.68 Å². The molecule has 1 aromatic carbocycles. The minimum Gasteiger partial charge on any atom is -0.497 e. The summed E-state index contributed by atoms with van der Waals surface area (Å²) in [5.41, 5.74) is 6.90. The minimum absolute atomic E-state index is 0.367. The van der Waals surface area contributed by atoms with Gasteiger partial charge < -0.3 is 15.2 Å². The first kappa shape index (κ1) is 14.3. The summed E-state index contributed by atoms with van der Waals surface area (Å²) in [5, 5.41) is 11.8. The number of tetrazole rings is 1. The highest BCUT2D eigenvalue weighted by Crippen LogP contribution is 2.26. The van der Waals surface area contributed by atoms with Crippen LogP contribution in [0.15, 0.2) is 18.2 Å². The van der Waals surface area contributed by atoms with E-state index in [1.54, 1.807) is 25.0 Å². The predicted octanol–water partition coefficient (Wildman–Crippen LogP) is 1.36. The molecule has 2 rings (SSSR count). The Kier molecular flexibility index (Phi) is 3.89. The Hall–Kier alpha value is -2.15. The Morgan fingerprint density at radius 3 is 2.65 bits per heavy atom. The van der Waals surface area contributed by atoms with Crippen LogP contribution in [-0.4, -0.2) is 40.0 Å². The number of rotatable bonds is 5. The Morgan fingerprint density at radius 1 is 1.25 bits per heavy atom. The molecule has 2 aromatic rings. The van der Waals surface area contributed by atoms with E-state index >= 15 is 0 Å². The lowest BCUT2D eigenvalue weighted by Gasteiger charge is -2.22. The van der Waals surface area contributed by atoms with E-state index in [0.29, 0.717) is 23.8 Å². The van der Waals surface area contributed by atoms with E-state index in [1.165, 1.54) is 0 Å². The molecule has 108 valence electrons. The molecule has 0 aliphatic rings. The standard InChI is InChI=1S/C13H19N5O2/c1-13(2,20-4)8-18-12(15-16-17-18)9-5-10(14)7-11(6-9)19-3/h5-7H,8,14H2,1-4H3. The fourth-order valence-corrected chi connectivity index (χ4v) is 1.81. The SMILES string of the molecule is COc1cc(N)cc(-c2nnnn2CC(C)(C)OC)c1. The van der Waals surface area contributed by atoms with Gasteiger partial charge in [-0.15, -0.1) is 5.10 Å². The number of nitrogens with two attached hydrogens (primary N) is 1. The third-order valence-corrected chi connectivity index (χ3v) is 3.04. The summed E-state index contributed by atoms with van der Waals surface area (Å²) in [6.07, 6.45) is 0. The van der Waals surface area contributed by atoms with E-state index < -0.39 is 0 Å². The summed E-state index contributed by atoms with van der Waals surface area (Å²) in [6, 6.07) is 5.40. The first-order chi connectivity index (χ1) is 9.45. The normalized spacial score (nSPS) is 11.6. The van der Waals surface area contributed by atoms with E-state index in [0.717, 1.165) is 5.56 Å². The van der Waals surface area contributed by atoms with Crippen LogP contribution in [0.4, 0.5) is 5.69 Å². The Balaban J connectivity index is 2.39. The number of nitrogens with zero attached hydrogens (tertiary/aromatic N) is 4. The van der Waals surface area contributed by atoms with E-state index in [-0.39, 0.29) is 5.60 Å². The molecule has 0 spiro atoms. The third kappa shape index (κ3) is 3.05. The highest BCUT2D eigenvalue weighted by atomic mass is 16.5. The van der Waals surface area contributed by atoms with Gasteiger partial charge >= 0.3 is 0 Å². The van der Waals surface area contributed by atoms with Crippen LogP contribution in [-0.2, 0) is 11.3 Å². The van der Waals surface area contributed by atoms with Gasteiger partial charge in [0.1, 0.15) is 5.75 Å². The second-order valence-corrected chi connectivity index (χ2v) is 5.12. The Bertz CT molecular complexity index is 594. The monoisotopic (exact) mass is 277 g/mol. The van der Waals surface area contributed by atoms with Crippen molar-refractivity contribution >= 4 is 5.69 Å². The fourth-order valence-electron chi connectivity index (χ4n) is 1.81. The maximum Gasteiger partial charge on any atom is 0.182 e. The molecule has 0 fully saturated rings. The number of benzene rings is 1. The number of hydrogen-bond donors (Lipinski definition) is 1. The molecule has 20 heavy (non-hydrogen) atoms. The lowest BCUT2D eigenvalue weighted by Crippen LogP contribution is -2.30. The molecule has 0 atom stereocenters. The van der Waals surface area contributed by atoms with Gasteiger partial charge in [0.15, 0.2) is 5.82 Å². The summed E-state index contributed by atoms with van der Waals surface area (Å²) in [4.78, 5) is 0. The predicted molar refractivity (Wildman–Crippen MR) is 75.3 cm³/mol. The average molecular weight is 277 g/mol. The summed E-state index contributed by atoms with van der Waals surface area (Å²) in [5.74, 6) is 1.29. The number of anilines is 1. The fraction of sp³-hybridized carbons (Fsp3) is 0.462. The quantitative estimate of drug-likeness (QED) is 0.830. The lowest BCUT2D eigenvalue weighted by molar-refractivity contribution is 0.00539. The zero-order chi connectivity index (χ0) is 14.8. The van der Waals surface area contributed by atoms with Gasteiger partial charge in [-0.05, 0) is 36.4 Å². The maximum absolute atomic E-state index is 5.86. The molecule has 0 saturated carbocycles. The molecule has 7 heteroatoms. The van der Waals surface area contributed by atoms with Crippen molar-refractivity contribution in [2.24, 2.45) is 0 Å². The minimum atomic E-state index is -0.367. The first-order valence-electron chi connectivity index (χ1n) is 6.21. The van der Waals surface area contributed by atoms with Crippen LogP contribution in [0.2, 0.25) is 0 Å². The van der Waals surface area contributed by atoms with Crippen LogP contribution in [0.3, 0.4) is 0 Å². The van der Waals surface area contributed by atoms with Gasteiger partial charge in [0.05, 0.1) is 19.3 Å². The maximum atomic E-state index is 5.86. The highest BCUT2D eigenvalue weighted by molar-refractivity contribution is 5.64. The molecular weight excluding hydrogens is 258 g/mol. The van der Waals surface area contributed by atoms with Crippen molar-refractivity contribution in [2.75, 3.05) is 20.0 Å². The van der Waals surface area contributed by atoms with Crippen molar-refractivity contribution in [3.8, 4) is 17.1 Å². The zero-order valence-corrected chi connectivity index (χ0v) is 12.1. The highest BCUT2D eigenvalue weighted by Gasteiger charge is 2.21. The number of ether oxygens (including phenoxy) is 2. The second kappa shape index (κ2) is 5.46. The molecule has 0 amide bonds. The van der Waals surface area contributed by atoms with E-state index in [9.17, 15) is 0 Å². The zero-order valence-electron chi connectivity index (χ0n) is 12.1. The topological polar surface area (TPSA) is 88.1 Å². The second-order valence-electron chi connectivity index (χ2n) is 5.12. The van der Waals surface area contributed by atoms with Crippen molar-refractivity contribution in [1.29, 1.82) is 0 Å². The average Bonchev–Trinajstić information content (AvgIpc) is 2.85. The molecule has 0 unspecified atom stereocenters. The largest absolute Gasteiger partial charge is 0.497 e. The molecule has 0 bridgehead atoms. The van der Waals surface area contributed by atoms with Crippen LogP contribution < -0.4 is 10.5 Å². The summed E-state index contributed by atoms with van der Waals surface area (Å²) >= 11 is 0. The molecule has 0 aliphatic carbocycles. The number of nitrogen functional groups attached to an aromatic ring is 1. The van der Waals surface area contributed by atoms with Crippen molar-refractivity contribution in [2.45, 2.75) is 26.0 Å². The van der Waals surface area contributed by atoms with E-state index in [2.05, 4.69) is 15.5 Å². The number of hydrogen-bond acceptors (Lipinski definition) is 6. The van der Waals surface area contributed by atoms with Gasteiger partial charge in [-0.2, -0.15) is 0 Å². The smallest absolute Gasteiger partial charge is 0.182 e. The van der Waals surface area contributed by atoms with E-state index in [1.807, 2.05) is 26.0 Å². The van der Waals surface area contributed by atoms with Crippen LogP contribution in [0.5, 0.6) is 5.75 Å². The Morgan fingerprint density at radius 2 is 2.00 bits per heavy atom. The van der Waals surface area contributed by atoms with Crippen molar-refractivity contribution in [3.63, 3.8) is 0 Å². The van der Waals surface area contributed by atoms with Crippen LogP contribution >= 0.6 is 0 Å². The van der Waals surface area contributed by atoms with Crippen molar-refractivity contribution in [1.82, 2.24) is 20.2 Å².